The smallest absolute Gasteiger partial charge is 0.344 e. The molecule has 0 saturated carbocycles. The summed E-state index contributed by atoms with van der Waals surface area (Å²) in [5.74, 6) is -10.1. The van der Waals surface area contributed by atoms with Gasteiger partial charge in [0.15, 0.2) is 70.7 Å². The van der Waals surface area contributed by atoms with Crippen molar-refractivity contribution in [2.75, 3.05) is 0 Å². The molecule has 0 aromatic heterocycles. The van der Waals surface area contributed by atoms with E-state index in [9.17, 15) is 55.9 Å². The molecule has 0 aliphatic carbocycles. The molecule has 0 bridgehead atoms. The monoisotopic (exact) mass is 1190 g/mol. The minimum atomic E-state index is -1.34. The third kappa shape index (κ3) is 24.4. The van der Waals surface area contributed by atoms with Crippen LogP contribution >= 0.6 is 81.5 Å². The standard InChI is InChI=1S/C12H13BrO4.C12H12F2O4.C12H13FO4.C11H10ClFO4.4H2S/c1-3-10(14)9-6-8(13)4-5-11(9)17-7(2)12(15)16;1-3-10(15)8-4-7(13)5-9(14)11(8)18-6(2)12(16)17;1-3-10(14)9-6-8(13)4-5-11(9)17-7(2)12(15)16;1-5(14)8-3-7(12)4-9(13)10(8)17-6(2)11(15)16;;;;/h4-7H,3H2,1-2H3,(H,15,16);4-6H,3H2,1-2H3,(H,16,17);4-7H,3H2,1-2H3,(H,15,16);3-4,6H,1-2H3,(H,15,16);4*1H2/t7-;6-;7-;6-;;;;/m0000..../s1. The second-order valence-corrected chi connectivity index (χ2v) is 15.4. The van der Waals surface area contributed by atoms with Gasteiger partial charge in [-0.25, -0.2) is 36.7 Å². The van der Waals surface area contributed by atoms with Gasteiger partial charge in [0.2, 0.25) is 0 Å². The van der Waals surface area contributed by atoms with Gasteiger partial charge >= 0.3 is 23.9 Å². The van der Waals surface area contributed by atoms with Crippen LogP contribution in [0.1, 0.15) is 116 Å². The summed E-state index contributed by atoms with van der Waals surface area (Å²) >= 11 is 8.87. The number of ether oxygens (including phenoxy) is 4. The summed E-state index contributed by atoms with van der Waals surface area (Å²) in [6.07, 6.45) is -4.11. The van der Waals surface area contributed by atoms with Crippen LogP contribution in [0.3, 0.4) is 0 Å². The molecule has 0 unspecified atom stereocenters. The number of benzene rings is 4. The molecule has 0 aliphatic rings. The zero-order valence-electron chi connectivity index (χ0n) is 40.2. The van der Waals surface area contributed by atoms with E-state index < -0.39 is 94.6 Å². The van der Waals surface area contributed by atoms with Crippen molar-refractivity contribution in [2.24, 2.45) is 0 Å². The lowest BCUT2D eigenvalue weighted by molar-refractivity contribution is -0.145. The van der Waals surface area contributed by atoms with E-state index >= 15 is 0 Å². The van der Waals surface area contributed by atoms with Gasteiger partial charge in [0.25, 0.3) is 0 Å². The van der Waals surface area contributed by atoms with Gasteiger partial charge in [0.05, 0.1) is 22.3 Å². The van der Waals surface area contributed by atoms with Crippen molar-refractivity contribution in [3.05, 3.63) is 116 Å². The fraction of sp³-hybridized carbons (Fsp3) is 0.319. The van der Waals surface area contributed by atoms with E-state index in [1.165, 1.54) is 53.7 Å². The highest BCUT2D eigenvalue weighted by molar-refractivity contribution is 9.10. The summed E-state index contributed by atoms with van der Waals surface area (Å²) in [6.45, 7) is 11.3. The van der Waals surface area contributed by atoms with E-state index in [1.54, 1.807) is 32.0 Å². The molecule has 16 nitrogen and oxygen atoms in total. The molecule has 406 valence electrons. The maximum absolute atomic E-state index is 13.5. The number of carboxylic acids is 4. The molecule has 4 aromatic carbocycles. The zero-order chi connectivity index (χ0) is 53.0. The van der Waals surface area contributed by atoms with Crippen molar-refractivity contribution < 1.29 is 95.3 Å². The SMILES string of the molecule is CC(=O)c1cc(Cl)cc(F)c1O[C@@H](C)C(=O)O.CCC(=O)c1cc(Br)ccc1O[C@@H](C)C(=O)O.CCC(=O)c1cc(F)cc(F)c1O[C@@H](C)C(=O)O.CCC(=O)c1cc(F)ccc1O[C@@H](C)C(=O)O.S.S.S.S. The molecule has 0 fully saturated rings. The van der Waals surface area contributed by atoms with Gasteiger partial charge in [0, 0.05) is 34.8 Å². The molecule has 26 heteroatoms. The Hall–Kier alpha value is -5.47. The van der Waals surface area contributed by atoms with E-state index in [4.69, 9.17) is 51.0 Å². The van der Waals surface area contributed by atoms with Crippen molar-refractivity contribution in [1.82, 2.24) is 0 Å². The number of carboxylic acid groups (broad SMARTS) is 4. The van der Waals surface area contributed by atoms with Crippen LogP contribution in [0.5, 0.6) is 23.0 Å². The number of rotatable bonds is 19. The van der Waals surface area contributed by atoms with Crippen molar-refractivity contribution in [2.45, 2.75) is 99.1 Å². The number of aliphatic carboxylic acids is 4. The Labute approximate surface area is 459 Å². The Balaban J connectivity index is -0.000000427. The van der Waals surface area contributed by atoms with Gasteiger partial charge in [-0.1, -0.05) is 48.3 Å². The molecule has 0 amide bonds. The molecule has 73 heavy (non-hydrogen) atoms. The van der Waals surface area contributed by atoms with Gasteiger partial charge in [-0.2, -0.15) is 54.0 Å². The van der Waals surface area contributed by atoms with Gasteiger partial charge in [-0.05, 0) is 89.2 Å². The number of Topliss-reactive ketones (excluding diaryl/α,β-unsaturated/α-hetero) is 4. The van der Waals surface area contributed by atoms with Crippen molar-refractivity contribution in [1.29, 1.82) is 0 Å². The maximum Gasteiger partial charge on any atom is 0.344 e. The topological polar surface area (TPSA) is 254 Å². The van der Waals surface area contributed by atoms with Crippen molar-refractivity contribution in [3.8, 4) is 23.0 Å². The summed E-state index contributed by atoms with van der Waals surface area (Å²) in [4.78, 5) is 88.6. The van der Waals surface area contributed by atoms with Crippen LogP contribution in [-0.4, -0.2) is 91.9 Å². The van der Waals surface area contributed by atoms with Crippen LogP contribution in [0.15, 0.2) is 65.1 Å². The molecule has 0 heterocycles. The van der Waals surface area contributed by atoms with E-state index in [0.29, 0.717) is 23.8 Å². The summed E-state index contributed by atoms with van der Waals surface area (Å²) in [5, 5.41) is 34.8. The van der Waals surface area contributed by atoms with Crippen molar-refractivity contribution in [3.63, 3.8) is 0 Å². The first-order chi connectivity index (χ1) is 32.1. The number of carbonyl (C=O) groups is 8. The first kappa shape index (κ1) is 74.1. The van der Waals surface area contributed by atoms with E-state index in [-0.39, 0.29) is 106 Å². The van der Waals surface area contributed by atoms with Gasteiger partial charge in [-0.15, -0.1) is 0 Å². The second-order valence-electron chi connectivity index (χ2n) is 14.1. The fourth-order valence-electron chi connectivity index (χ4n) is 4.98. The van der Waals surface area contributed by atoms with Crippen molar-refractivity contribution >= 4 is 129 Å². The minimum absolute atomic E-state index is 0. The molecule has 0 saturated heterocycles. The summed E-state index contributed by atoms with van der Waals surface area (Å²) < 4.78 is 74.0. The number of hydrogen-bond acceptors (Lipinski definition) is 12. The molecular formula is C47H56BrClF4O16S4. The second kappa shape index (κ2) is 35.6. The average molecular weight is 1200 g/mol. The molecular weight excluding hydrogens is 1140 g/mol. The average Bonchev–Trinajstić information content (AvgIpc) is 3.28. The normalized spacial score (nSPS) is 11.3. The maximum atomic E-state index is 13.5. The number of carbonyl (C=O) groups excluding carboxylic acids is 4. The van der Waals surface area contributed by atoms with Gasteiger partial charge in [-0.3, -0.25) is 19.2 Å². The van der Waals surface area contributed by atoms with E-state index in [1.807, 2.05) is 0 Å². The predicted molar refractivity (Wildman–Crippen MR) is 285 cm³/mol. The highest BCUT2D eigenvalue weighted by atomic mass is 79.9. The Kier molecular flexibility index (Phi) is 36.2. The molecule has 4 aromatic rings. The lowest BCUT2D eigenvalue weighted by atomic mass is 10.1. The zero-order valence-corrected chi connectivity index (χ0v) is 46.5. The van der Waals surface area contributed by atoms with Gasteiger partial charge < -0.3 is 39.4 Å². The summed E-state index contributed by atoms with van der Waals surface area (Å²) in [6, 6.07) is 11.9. The van der Waals surface area contributed by atoms with Crippen LogP contribution in [0.4, 0.5) is 17.6 Å². The third-order valence-corrected chi connectivity index (χ3v) is 9.44. The first-order valence-electron chi connectivity index (χ1n) is 20.4. The van der Waals surface area contributed by atoms with Gasteiger partial charge in [0.1, 0.15) is 23.1 Å². The Morgan fingerprint density at radius 1 is 0.493 bits per heavy atom. The Bertz CT molecular complexity index is 2470. The predicted octanol–water partition coefficient (Wildman–Crippen LogP) is 10.6. The molecule has 0 spiro atoms. The highest BCUT2D eigenvalue weighted by Crippen LogP contribution is 2.30. The van der Waals surface area contributed by atoms with Crippen LogP contribution in [-0.2, 0) is 19.2 Å². The number of hydrogen-bond donors (Lipinski definition) is 4. The highest BCUT2D eigenvalue weighted by Gasteiger charge is 2.24. The fourth-order valence-corrected chi connectivity index (χ4v) is 5.55. The Morgan fingerprint density at radius 2 is 0.836 bits per heavy atom. The molecule has 0 radical (unpaired) electrons. The third-order valence-electron chi connectivity index (χ3n) is 8.73. The summed E-state index contributed by atoms with van der Waals surface area (Å²) in [7, 11) is 0. The molecule has 4 rings (SSSR count). The van der Waals surface area contributed by atoms with E-state index in [2.05, 4.69) is 15.9 Å². The lowest BCUT2D eigenvalue weighted by Gasteiger charge is -2.14. The molecule has 0 aliphatic heterocycles. The number of halogens is 6. The first-order valence-corrected chi connectivity index (χ1v) is 21.5. The molecule has 4 atom stereocenters. The van der Waals surface area contributed by atoms with Crippen LogP contribution in [0.25, 0.3) is 0 Å². The number of ketones is 4. The summed E-state index contributed by atoms with van der Waals surface area (Å²) in [5.41, 5.74) is 0.0989. The lowest BCUT2D eigenvalue weighted by Crippen LogP contribution is -2.24. The van der Waals surface area contributed by atoms with E-state index in [0.717, 1.165) is 28.7 Å². The molecule has 4 N–H and O–H groups in total. The minimum Gasteiger partial charge on any atom is -0.479 e. The quantitative estimate of drug-likeness (QED) is 0.0503. The Morgan fingerprint density at radius 3 is 1.23 bits per heavy atom. The van der Waals surface area contributed by atoms with Crippen LogP contribution in [0, 0.1) is 23.3 Å². The largest absolute Gasteiger partial charge is 0.479 e. The van der Waals surface area contributed by atoms with Crippen LogP contribution in [0.2, 0.25) is 5.02 Å². The van der Waals surface area contributed by atoms with Crippen LogP contribution < -0.4 is 18.9 Å².